The first-order valence-electron chi connectivity index (χ1n) is 6.96. The first kappa shape index (κ1) is 14.4. The second-order valence-corrected chi connectivity index (χ2v) is 4.59. The summed E-state index contributed by atoms with van der Waals surface area (Å²) < 4.78 is 11.2. The Morgan fingerprint density at radius 3 is 1.95 bits per heavy atom. The maximum Gasteiger partial charge on any atom is 0.122 e. The van der Waals surface area contributed by atoms with E-state index in [9.17, 15) is 0 Å². The van der Waals surface area contributed by atoms with Crippen LogP contribution in [0, 0.1) is 0 Å². The van der Waals surface area contributed by atoms with Gasteiger partial charge in [0.15, 0.2) is 0 Å². The van der Waals surface area contributed by atoms with Crippen molar-refractivity contribution in [3.63, 3.8) is 0 Å². The number of ether oxygens (including phenoxy) is 2. The number of para-hydroxylation sites is 1. The molecule has 0 saturated carbocycles. The molecule has 0 bridgehead atoms. The number of benzene rings is 2. The summed E-state index contributed by atoms with van der Waals surface area (Å²) in [6, 6.07) is 17.8. The molecule has 0 aliphatic carbocycles. The number of rotatable bonds is 7. The Labute approximate surface area is 120 Å². The molecule has 1 unspecified atom stereocenters. The highest BCUT2D eigenvalue weighted by molar-refractivity contribution is 5.29. The maximum atomic E-state index is 5.97. The first-order chi connectivity index (χ1) is 9.79. The van der Waals surface area contributed by atoms with Crippen molar-refractivity contribution < 1.29 is 9.47 Å². The van der Waals surface area contributed by atoms with Crippen LogP contribution in [0.4, 0.5) is 0 Å². The van der Waals surface area contributed by atoms with E-state index in [-0.39, 0.29) is 6.04 Å². The Bertz CT molecular complexity index is 496. The predicted molar refractivity (Wildman–Crippen MR) is 81.1 cm³/mol. The van der Waals surface area contributed by atoms with Crippen LogP contribution < -0.4 is 15.2 Å². The summed E-state index contributed by atoms with van der Waals surface area (Å²) in [6.07, 6.45) is 0.936. The minimum Gasteiger partial charge on any atom is -0.490 e. The summed E-state index contributed by atoms with van der Waals surface area (Å²) >= 11 is 0. The molecule has 0 saturated heterocycles. The van der Waals surface area contributed by atoms with Crippen molar-refractivity contribution in [3.8, 4) is 11.5 Å². The fourth-order valence-electron chi connectivity index (χ4n) is 1.88. The molecule has 0 amide bonds. The van der Waals surface area contributed by atoms with Gasteiger partial charge in [0.25, 0.3) is 0 Å². The zero-order chi connectivity index (χ0) is 14.2. The van der Waals surface area contributed by atoms with Gasteiger partial charge in [-0.3, -0.25) is 0 Å². The second kappa shape index (κ2) is 7.56. The average molecular weight is 271 g/mol. The molecule has 0 aliphatic heterocycles. The zero-order valence-electron chi connectivity index (χ0n) is 11.8. The lowest BCUT2D eigenvalue weighted by molar-refractivity contribution is 0.217. The monoisotopic (exact) mass is 271 g/mol. The fraction of sp³-hybridized carbons (Fsp3) is 0.294. The average Bonchev–Trinajstić information content (AvgIpc) is 2.52. The van der Waals surface area contributed by atoms with Crippen molar-refractivity contribution in [3.05, 3.63) is 60.2 Å². The van der Waals surface area contributed by atoms with Crippen LogP contribution in [0.15, 0.2) is 54.6 Å². The smallest absolute Gasteiger partial charge is 0.122 e. The lowest BCUT2D eigenvalue weighted by Crippen LogP contribution is -2.10. The highest BCUT2D eigenvalue weighted by Crippen LogP contribution is 2.18. The number of hydrogen-bond acceptors (Lipinski definition) is 3. The van der Waals surface area contributed by atoms with Gasteiger partial charge in [-0.2, -0.15) is 0 Å². The molecular weight excluding hydrogens is 250 g/mol. The summed E-state index contributed by atoms with van der Waals surface area (Å²) in [5.41, 5.74) is 7.11. The van der Waals surface area contributed by atoms with Gasteiger partial charge in [0.2, 0.25) is 0 Å². The molecule has 3 heteroatoms. The second-order valence-electron chi connectivity index (χ2n) is 4.59. The van der Waals surface area contributed by atoms with Crippen molar-refractivity contribution in [2.45, 2.75) is 19.4 Å². The van der Waals surface area contributed by atoms with Crippen molar-refractivity contribution in [1.82, 2.24) is 0 Å². The van der Waals surface area contributed by atoms with Crippen LogP contribution in [-0.2, 0) is 0 Å². The van der Waals surface area contributed by atoms with E-state index in [1.807, 2.05) is 54.6 Å². The molecule has 0 heterocycles. The highest BCUT2D eigenvalue weighted by Gasteiger charge is 2.03. The van der Waals surface area contributed by atoms with E-state index in [0.717, 1.165) is 23.5 Å². The summed E-state index contributed by atoms with van der Waals surface area (Å²) in [5.74, 6) is 1.70. The molecule has 0 aromatic heterocycles. The molecule has 0 aliphatic rings. The third-order valence-corrected chi connectivity index (χ3v) is 3.11. The Morgan fingerprint density at radius 1 is 0.850 bits per heavy atom. The molecule has 0 spiro atoms. The summed E-state index contributed by atoms with van der Waals surface area (Å²) in [4.78, 5) is 0. The van der Waals surface area contributed by atoms with E-state index >= 15 is 0 Å². The SMILES string of the molecule is CCC(N)c1ccc(OCCOc2ccccc2)cc1. The van der Waals surface area contributed by atoms with Crippen LogP contribution >= 0.6 is 0 Å². The van der Waals surface area contributed by atoms with E-state index in [1.165, 1.54) is 0 Å². The van der Waals surface area contributed by atoms with Crippen molar-refractivity contribution >= 4 is 0 Å². The molecule has 2 N–H and O–H groups in total. The molecule has 20 heavy (non-hydrogen) atoms. The summed E-state index contributed by atoms with van der Waals surface area (Å²) in [6.45, 7) is 3.13. The van der Waals surface area contributed by atoms with Crippen LogP contribution in [0.3, 0.4) is 0 Å². The van der Waals surface area contributed by atoms with Crippen molar-refractivity contribution in [2.75, 3.05) is 13.2 Å². The normalized spacial score (nSPS) is 11.9. The third-order valence-electron chi connectivity index (χ3n) is 3.11. The lowest BCUT2D eigenvalue weighted by Gasteiger charge is -2.11. The first-order valence-corrected chi connectivity index (χ1v) is 6.96. The number of hydrogen-bond donors (Lipinski definition) is 1. The van der Waals surface area contributed by atoms with Crippen LogP contribution in [0.1, 0.15) is 24.9 Å². The Hall–Kier alpha value is -2.00. The fourth-order valence-corrected chi connectivity index (χ4v) is 1.88. The van der Waals surface area contributed by atoms with Crippen LogP contribution in [0.25, 0.3) is 0 Å². The quantitative estimate of drug-likeness (QED) is 0.783. The van der Waals surface area contributed by atoms with E-state index in [4.69, 9.17) is 15.2 Å². The van der Waals surface area contributed by atoms with Gasteiger partial charge in [0, 0.05) is 6.04 Å². The van der Waals surface area contributed by atoms with Gasteiger partial charge in [-0.25, -0.2) is 0 Å². The van der Waals surface area contributed by atoms with Crippen LogP contribution in [-0.4, -0.2) is 13.2 Å². The van der Waals surface area contributed by atoms with E-state index in [0.29, 0.717) is 13.2 Å². The molecule has 1 atom stereocenters. The van der Waals surface area contributed by atoms with E-state index in [1.54, 1.807) is 0 Å². The lowest BCUT2D eigenvalue weighted by atomic mass is 10.1. The molecule has 106 valence electrons. The standard InChI is InChI=1S/C17H21NO2/c1-2-17(18)14-8-10-16(11-9-14)20-13-12-19-15-6-4-3-5-7-15/h3-11,17H,2,12-13,18H2,1H3. The van der Waals surface area contributed by atoms with Gasteiger partial charge < -0.3 is 15.2 Å². The summed E-state index contributed by atoms with van der Waals surface area (Å²) in [5, 5.41) is 0. The largest absolute Gasteiger partial charge is 0.490 e. The van der Waals surface area contributed by atoms with Gasteiger partial charge in [0.05, 0.1) is 0 Å². The van der Waals surface area contributed by atoms with E-state index in [2.05, 4.69) is 6.92 Å². The van der Waals surface area contributed by atoms with Gasteiger partial charge in [-0.05, 0) is 36.2 Å². The predicted octanol–water partition coefficient (Wildman–Crippen LogP) is 3.55. The molecule has 2 aromatic rings. The molecular formula is C17H21NO2. The molecule has 3 nitrogen and oxygen atoms in total. The van der Waals surface area contributed by atoms with Crippen LogP contribution in [0.5, 0.6) is 11.5 Å². The van der Waals surface area contributed by atoms with Crippen molar-refractivity contribution in [1.29, 1.82) is 0 Å². The third kappa shape index (κ3) is 4.28. The van der Waals surface area contributed by atoms with Crippen molar-refractivity contribution in [2.24, 2.45) is 5.73 Å². The molecule has 0 fully saturated rings. The Morgan fingerprint density at radius 2 is 1.40 bits per heavy atom. The molecule has 2 rings (SSSR count). The van der Waals surface area contributed by atoms with Crippen LogP contribution in [0.2, 0.25) is 0 Å². The molecule has 0 radical (unpaired) electrons. The van der Waals surface area contributed by atoms with Gasteiger partial charge in [-0.1, -0.05) is 37.3 Å². The van der Waals surface area contributed by atoms with E-state index < -0.39 is 0 Å². The van der Waals surface area contributed by atoms with Gasteiger partial charge >= 0.3 is 0 Å². The molecule has 2 aromatic carbocycles. The minimum atomic E-state index is 0.102. The van der Waals surface area contributed by atoms with Gasteiger partial charge in [-0.15, -0.1) is 0 Å². The highest BCUT2D eigenvalue weighted by atomic mass is 16.5. The number of nitrogens with two attached hydrogens (primary N) is 1. The minimum absolute atomic E-state index is 0.102. The summed E-state index contributed by atoms with van der Waals surface area (Å²) in [7, 11) is 0. The Balaban J connectivity index is 1.74. The zero-order valence-corrected chi connectivity index (χ0v) is 11.8. The maximum absolute atomic E-state index is 5.97. The van der Waals surface area contributed by atoms with Gasteiger partial charge in [0.1, 0.15) is 24.7 Å². The Kier molecular flexibility index (Phi) is 5.44. The topological polar surface area (TPSA) is 44.5 Å².